The minimum absolute atomic E-state index is 0.00604. The van der Waals surface area contributed by atoms with Crippen LogP contribution in [0, 0.1) is 0 Å². The van der Waals surface area contributed by atoms with Gasteiger partial charge in [-0.25, -0.2) is 8.42 Å². The van der Waals surface area contributed by atoms with Crippen molar-refractivity contribution in [2.45, 2.75) is 44.2 Å². The summed E-state index contributed by atoms with van der Waals surface area (Å²) in [6, 6.07) is 18.2. The van der Waals surface area contributed by atoms with E-state index in [0.29, 0.717) is 23.6 Å². The van der Waals surface area contributed by atoms with E-state index in [1.807, 2.05) is 6.92 Å². The van der Waals surface area contributed by atoms with Gasteiger partial charge in [0.2, 0.25) is 11.8 Å². The van der Waals surface area contributed by atoms with Crippen LogP contribution in [0.25, 0.3) is 0 Å². The molecule has 7 nitrogen and oxygen atoms in total. The molecule has 0 aromatic heterocycles. The van der Waals surface area contributed by atoms with Crippen LogP contribution >= 0.6 is 34.8 Å². The number of hydrogen-bond donors (Lipinski definition) is 1. The van der Waals surface area contributed by atoms with E-state index >= 15 is 0 Å². The molecule has 3 aromatic carbocycles. The van der Waals surface area contributed by atoms with Crippen molar-refractivity contribution >= 4 is 62.3 Å². The van der Waals surface area contributed by atoms with Crippen molar-refractivity contribution in [2.75, 3.05) is 17.4 Å². The van der Waals surface area contributed by atoms with Gasteiger partial charge in [0.1, 0.15) is 12.6 Å². The molecule has 1 atom stereocenters. The Labute approximate surface area is 244 Å². The van der Waals surface area contributed by atoms with E-state index in [9.17, 15) is 18.0 Å². The summed E-state index contributed by atoms with van der Waals surface area (Å²) in [5.41, 5.74) is 0.739. The third kappa shape index (κ3) is 7.88. The molecule has 2 amide bonds. The van der Waals surface area contributed by atoms with Crippen LogP contribution in [0.15, 0.2) is 77.7 Å². The first-order valence-electron chi connectivity index (χ1n) is 12.4. The van der Waals surface area contributed by atoms with Gasteiger partial charge in [0.25, 0.3) is 10.0 Å². The molecule has 0 saturated heterocycles. The lowest BCUT2D eigenvalue weighted by Gasteiger charge is -2.33. The predicted octanol–water partition coefficient (Wildman–Crippen LogP) is 6.18. The van der Waals surface area contributed by atoms with Crippen LogP contribution in [0.2, 0.25) is 15.1 Å². The summed E-state index contributed by atoms with van der Waals surface area (Å²) in [6.07, 6.45) is 1.03. The van der Waals surface area contributed by atoms with Gasteiger partial charge in [-0.3, -0.25) is 13.9 Å². The molecule has 3 rings (SSSR count). The zero-order valence-corrected chi connectivity index (χ0v) is 24.7. The van der Waals surface area contributed by atoms with E-state index in [0.717, 1.165) is 10.7 Å². The Kier molecular flexibility index (Phi) is 11.1. The average molecular weight is 611 g/mol. The second kappa shape index (κ2) is 14.0. The fourth-order valence-electron chi connectivity index (χ4n) is 4.03. The fourth-order valence-corrected chi connectivity index (χ4v) is 6.16. The average Bonchev–Trinajstić information content (AvgIpc) is 2.91. The number of rotatable bonds is 12. The monoisotopic (exact) mass is 609 g/mol. The van der Waals surface area contributed by atoms with Crippen LogP contribution < -0.4 is 9.62 Å². The number of benzene rings is 3. The molecule has 39 heavy (non-hydrogen) atoms. The molecule has 0 aliphatic rings. The molecule has 0 aliphatic heterocycles. The number of amides is 2. The van der Waals surface area contributed by atoms with Crippen LogP contribution in [0.1, 0.15) is 32.3 Å². The highest BCUT2D eigenvalue weighted by Crippen LogP contribution is 2.30. The Balaban J connectivity index is 2.08. The number of carbonyl (C=O) groups is 2. The van der Waals surface area contributed by atoms with E-state index in [-0.39, 0.29) is 33.1 Å². The van der Waals surface area contributed by atoms with E-state index < -0.39 is 28.5 Å². The summed E-state index contributed by atoms with van der Waals surface area (Å²) < 4.78 is 28.6. The summed E-state index contributed by atoms with van der Waals surface area (Å²) in [5, 5.41) is 3.68. The number of carbonyl (C=O) groups excluding carboxylic acids is 2. The Hall–Kier alpha value is -2.78. The Morgan fingerprint density at radius 2 is 1.51 bits per heavy atom. The maximum Gasteiger partial charge on any atom is 0.264 e. The predicted molar refractivity (Wildman–Crippen MR) is 157 cm³/mol. The molecule has 208 valence electrons. The molecule has 0 unspecified atom stereocenters. The third-order valence-electron chi connectivity index (χ3n) is 5.98. The van der Waals surface area contributed by atoms with Crippen molar-refractivity contribution in [3.63, 3.8) is 0 Å². The summed E-state index contributed by atoms with van der Waals surface area (Å²) in [5.74, 6) is -0.924. The van der Waals surface area contributed by atoms with Crippen molar-refractivity contribution in [1.82, 2.24) is 10.2 Å². The van der Waals surface area contributed by atoms with Crippen molar-refractivity contribution in [3.05, 3.63) is 93.4 Å². The number of hydrogen-bond acceptors (Lipinski definition) is 4. The van der Waals surface area contributed by atoms with Crippen molar-refractivity contribution < 1.29 is 18.0 Å². The fraction of sp³-hybridized carbons (Fsp3) is 0.286. The zero-order valence-electron chi connectivity index (χ0n) is 21.6. The molecule has 11 heteroatoms. The molecule has 0 spiro atoms. The van der Waals surface area contributed by atoms with Crippen molar-refractivity contribution in [2.24, 2.45) is 0 Å². The van der Waals surface area contributed by atoms with E-state index in [4.69, 9.17) is 34.8 Å². The largest absolute Gasteiger partial charge is 0.354 e. The molecule has 0 aliphatic carbocycles. The quantitative estimate of drug-likeness (QED) is 0.266. The SMILES string of the molecule is CCCNC(=O)[C@@H](CC)N(Cc1ccccc1Cl)C(=O)CN(c1cc(Cl)cc(Cl)c1)S(=O)(=O)c1ccccc1. The highest BCUT2D eigenvalue weighted by molar-refractivity contribution is 7.92. The lowest BCUT2D eigenvalue weighted by Crippen LogP contribution is -2.52. The van der Waals surface area contributed by atoms with Gasteiger partial charge in [0.15, 0.2) is 0 Å². The summed E-state index contributed by atoms with van der Waals surface area (Å²) >= 11 is 18.8. The topological polar surface area (TPSA) is 86.8 Å². The maximum atomic E-state index is 14.0. The van der Waals surface area contributed by atoms with Gasteiger partial charge < -0.3 is 10.2 Å². The molecule has 0 heterocycles. The summed E-state index contributed by atoms with van der Waals surface area (Å²) in [7, 11) is -4.22. The Bertz CT molecular complexity index is 1380. The van der Waals surface area contributed by atoms with Crippen LogP contribution in [0.4, 0.5) is 5.69 Å². The molecule has 1 N–H and O–H groups in total. The Morgan fingerprint density at radius 3 is 2.10 bits per heavy atom. The number of halogens is 3. The molecule has 0 radical (unpaired) electrons. The first kappa shape index (κ1) is 30.8. The first-order chi connectivity index (χ1) is 18.6. The van der Waals surface area contributed by atoms with Gasteiger partial charge in [0.05, 0.1) is 10.6 Å². The smallest absolute Gasteiger partial charge is 0.264 e. The van der Waals surface area contributed by atoms with Gasteiger partial charge in [-0.15, -0.1) is 0 Å². The summed E-state index contributed by atoms with van der Waals surface area (Å²) in [4.78, 5) is 28.5. The van der Waals surface area contributed by atoms with Gasteiger partial charge in [0, 0.05) is 28.2 Å². The lowest BCUT2D eigenvalue weighted by atomic mass is 10.1. The van der Waals surface area contributed by atoms with Gasteiger partial charge in [-0.05, 0) is 54.8 Å². The van der Waals surface area contributed by atoms with Crippen LogP contribution in [-0.4, -0.2) is 44.3 Å². The lowest BCUT2D eigenvalue weighted by molar-refractivity contribution is -0.140. The normalized spacial score (nSPS) is 12.0. The van der Waals surface area contributed by atoms with Crippen molar-refractivity contribution in [3.8, 4) is 0 Å². The Morgan fingerprint density at radius 1 is 0.897 bits per heavy atom. The van der Waals surface area contributed by atoms with E-state index in [1.54, 1.807) is 49.4 Å². The zero-order chi connectivity index (χ0) is 28.6. The maximum absolute atomic E-state index is 14.0. The molecular weight excluding hydrogens is 581 g/mol. The van der Waals surface area contributed by atoms with Crippen LogP contribution in [0.5, 0.6) is 0 Å². The number of nitrogens with zero attached hydrogens (tertiary/aromatic N) is 2. The second-order valence-electron chi connectivity index (χ2n) is 8.78. The highest BCUT2D eigenvalue weighted by Gasteiger charge is 2.34. The highest BCUT2D eigenvalue weighted by atomic mass is 35.5. The third-order valence-corrected chi connectivity index (χ3v) is 8.57. The van der Waals surface area contributed by atoms with E-state index in [2.05, 4.69) is 5.32 Å². The van der Waals surface area contributed by atoms with Gasteiger partial charge in [-0.1, -0.05) is 85.0 Å². The molecule has 3 aromatic rings. The molecule has 0 fully saturated rings. The molecule has 0 saturated carbocycles. The second-order valence-corrected chi connectivity index (χ2v) is 11.9. The molecule has 0 bridgehead atoms. The number of anilines is 1. The minimum Gasteiger partial charge on any atom is -0.354 e. The minimum atomic E-state index is -4.22. The summed E-state index contributed by atoms with van der Waals surface area (Å²) in [6.45, 7) is 3.57. The van der Waals surface area contributed by atoms with Crippen molar-refractivity contribution in [1.29, 1.82) is 0 Å². The van der Waals surface area contributed by atoms with Crippen LogP contribution in [0.3, 0.4) is 0 Å². The number of sulfonamides is 1. The van der Waals surface area contributed by atoms with Gasteiger partial charge in [-0.2, -0.15) is 0 Å². The first-order valence-corrected chi connectivity index (χ1v) is 15.0. The van der Waals surface area contributed by atoms with Crippen LogP contribution in [-0.2, 0) is 26.2 Å². The standard InChI is InChI=1S/C28H30Cl3N3O4S/c1-3-14-32-28(36)26(4-2)33(18-20-10-8-9-13-25(20)31)27(35)19-34(23-16-21(29)15-22(30)17-23)39(37,38)24-11-6-5-7-12-24/h5-13,15-17,26H,3-4,14,18-19H2,1-2H3,(H,32,36)/t26-/m1/s1. The molecular formula is C28H30Cl3N3O4S. The van der Waals surface area contributed by atoms with E-state index in [1.165, 1.54) is 35.2 Å². The number of nitrogens with one attached hydrogen (secondary N) is 1. The van der Waals surface area contributed by atoms with Gasteiger partial charge >= 0.3 is 0 Å².